The minimum Gasteiger partial charge on any atom is -0.399 e. The van der Waals surface area contributed by atoms with E-state index in [4.69, 9.17) is 5.73 Å². The molecule has 56 valence electrons. The zero-order chi connectivity index (χ0) is 8.10. The average molecular weight is 145 g/mol. The van der Waals surface area contributed by atoms with Gasteiger partial charge in [0.2, 0.25) is 0 Å². The van der Waals surface area contributed by atoms with Crippen molar-refractivity contribution >= 4 is 11.8 Å². The molecule has 1 heteroatoms. The van der Waals surface area contributed by atoms with Crippen molar-refractivity contribution in [2.75, 3.05) is 5.73 Å². The molecule has 0 aliphatic rings. The zero-order valence-electron chi connectivity index (χ0n) is 6.54. The maximum absolute atomic E-state index is 5.51. The number of hydrogen-bond acceptors (Lipinski definition) is 1. The zero-order valence-corrected chi connectivity index (χ0v) is 6.54. The number of benzene rings is 1. The quantitative estimate of drug-likeness (QED) is 0.476. The van der Waals surface area contributed by atoms with E-state index in [-0.39, 0.29) is 0 Å². The molecular formula is C10H11N. The Bertz CT molecular complexity index is 276. The monoisotopic (exact) mass is 145 g/mol. The highest BCUT2D eigenvalue weighted by Crippen LogP contribution is 2.05. The van der Waals surface area contributed by atoms with Crippen LogP contribution in [0.2, 0.25) is 0 Å². The molecule has 0 unspecified atom stereocenters. The molecular weight excluding hydrogens is 134 g/mol. The maximum Gasteiger partial charge on any atom is 0.0314 e. The minimum absolute atomic E-state index is 0.794. The molecule has 0 aliphatic carbocycles. The van der Waals surface area contributed by atoms with Crippen LogP contribution in [0.4, 0.5) is 5.69 Å². The molecule has 0 saturated heterocycles. The summed E-state index contributed by atoms with van der Waals surface area (Å²) in [6.45, 7) is 1.94. The maximum atomic E-state index is 5.51. The number of nitrogen functional groups attached to an aromatic ring is 1. The van der Waals surface area contributed by atoms with E-state index in [1.54, 1.807) is 0 Å². The predicted octanol–water partition coefficient (Wildman–Crippen LogP) is 2.46. The first-order valence-corrected chi connectivity index (χ1v) is 3.55. The Morgan fingerprint density at radius 2 is 1.91 bits per heavy atom. The van der Waals surface area contributed by atoms with E-state index in [9.17, 15) is 0 Å². The summed E-state index contributed by atoms with van der Waals surface area (Å²) in [6, 6.07) is 7.68. The van der Waals surface area contributed by atoms with Gasteiger partial charge in [-0.05, 0) is 36.8 Å². The lowest BCUT2D eigenvalue weighted by atomic mass is 10.2. The van der Waals surface area contributed by atoms with Crippen molar-refractivity contribution < 1.29 is 0 Å². The number of allylic oxidation sites excluding steroid dienone is 1. The van der Waals surface area contributed by atoms with Crippen molar-refractivity contribution in [1.82, 2.24) is 0 Å². The van der Waals surface area contributed by atoms with Gasteiger partial charge in [0.05, 0.1) is 0 Å². The third kappa shape index (κ3) is 2.32. The van der Waals surface area contributed by atoms with Crippen LogP contribution in [0.1, 0.15) is 12.5 Å². The SMILES string of the molecule is CC=C=Cc1ccc(N)cc1. The Morgan fingerprint density at radius 3 is 2.45 bits per heavy atom. The van der Waals surface area contributed by atoms with Crippen molar-refractivity contribution in [3.05, 3.63) is 41.6 Å². The summed E-state index contributed by atoms with van der Waals surface area (Å²) >= 11 is 0. The van der Waals surface area contributed by atoms with Crippen LogP contribution in [-0.2, 0) is 0 Å². The lowest BCUT2D eigenvalue weighted by Gasteiger charge is -1.91. The lowest BCUT2D eigenvalue weighted by molar-refractivity contribution is 1.64. The predicted molar refractivity (Wildman–Crippen MR) is 49.1 cm³/mol. The van der Waals surface area contributed by atoms with Crippen LogP contribution in [0.3, 0.4) is 0 Å². The fraction of sp³-hybridized carbons (Fsp3) is 0.100. The second-order valence-corrected chi connectivity index (χ2v) is 2.27. The standard InChI is InChI=1S/C10H11N/c1-2-3-4-9-5-7-10(11)8-6-9/h2,4-8H,11H2,1H3. The number of anilines is 1. The minimum atomic E-state index is 0.794. The largest absolute Gasteiger partial charge is 0.399 e. The molecule has 1 rings (SSSR count). The van der Waals surface area contributed by atoms with Crippen LogP contribution >= 0.6 is 0 Å². The third-order valence-corrected chi connectivity index (χ3v) is 1.35. The molecule has 0 radical (unpaired) electrons. The first-order valence-electron chi connectivity index (χ1n) is 3.55. The molecule has 0 bridgehead atoms. The van der Waals surface area contributed by atoms with E-state index in [1.807, 2.05) is 43.3 Å². The van der Waals surface area contributed by atoms with Gasteiger partial charge in [-0.1, -0.05) is 12.1 Å². The Morgan fingerprint density at radius 1 is 1.27 bits per heavy atom. The topological polar surface area (TPSA) is 26.0 Å². The molecule has 0 aliphatic heterocycles. The highest BCUT2D eigenvalue weighted by atomic mass is 14.5. The highest BCUT2D eigenvalue weighted by molar-refractivity contribution is 5.52. The van der Waals surface area contributed by atoms with E-state index in [2.05, 4.69) is 5.73 Å². The van der Waals surface area contributed by atoms with E-state index in [0.717, 1.165) is 11.3 Å². The van der Waals surface area contributed by atoms with Crippen LogP contribution in [0.25, 0.3) is 6.08 Å². The fourth-order valence-electron chi connectivity index (χ4n) is 0.772. The van der Waals surface area contributed by atoms with Gasteiger partial charge in [-0.25, -0.2) is 0 Å². The smallest absolute Gasteiger partial charge is 0.0314 e. The van der Waals surface area contributed by atoms with Crippen molar-refractivity contribution in [2.45, 2.75) is 6.92 Å². The van der Waals surface area contributed by atoms with Gasteiger partial charge in [0.15, 0.2) is 0 Å². The summed E-state index contributed by atoms with van der Waals surface area (Å²) in [6.07, 6.45) is 3.79. The number of hydrogen-bond donors (Lipinski definition) is 1. The van der Waals surface area contributed by atoms with Crippen LogP contribution in [0.5, 0.6) is 0 Å². The van der Waals surface area contributed by atoms with Gasteiger partial charge < -0.3 is 5.73 Å². The van der Waals surface area contributed by atoms with Crippen molar-refractivity contribution in [2.24, 2.45) is 0 Å². The first-order chi connectivity index (χ1) is 5.33. The summed E-state index contributed by atoms with van der Waals surface area (Å²) < 4.78 is 0. The summed E-state index contributed by atoms with van der Waals surface area (Å²) in [5.74, 6) is 0. The van der Waals surface area contributed by atoms with Crippen molar-refractivity contribution in [3.63, 3.8) is 0 Å². The van der Waals surface area contributed by atoms with Gasteiger partial charge in [-0.2, -0.15) is 0 Å². The van der Waals surface area contributed by atoms with E-state index in [0.29, 0.717) is 0 Å². The molecule has 0 aromatic heterocycles. The second kappa shape index (κ2) is 3.65. The van der Waals surface area contributed by atoms with Gasteiger partial charge in [-0.3, -0.25) is 0 Å². The van der Waals surface area contributed by atoms with E-state index >= 15 is 0 Å². The van der Waals surface area contributed by atoms with Crippen molar-refractivity contribution in [3.8, 4) is 0 Å². The highest BCUT2D eigenvalue weighted by Gasteiger charge is 1.83. The third-order valence-electron chi connectivity index (χ3n) is 1.35. The number of rotatable bonds is 1. The Hall–Kier alpha value is -1.46. The summed E-state index contributed by atoms with van der Waals surface area (Å²) in [5.41, 5.74) is 10.4. The number of nitrogens with two attached hydrogens (primary N) is 1. The summed E-state index contributed by atoms with van der Waals surface area (Å²) in [5, 5.41) is 0. The molecule has 11 heavy (non-hydrogen) atoms. The molecule has 2 N–H and O–H groups in total. The Balaban J connectivity index is 2.90. The Kier molecular flexibility index (Phi) is 2.53. The van der Waals surface area contributed by atoms with Crippen molar-refractivity contribution in [1.29, 1.82) is 0 Å². The summed E-state index contributed by atoms with van der Waals surface area (Å²) in [4.78, 5) is 0. The van der Waals surface area contributed by atoms with Crippen LogP contribution in [-0.4, -0.2) is 0 Å². The normalized spacial score (nSPS) is 8.45. The van der Waals surface area contributed by atoms with E-state index < -0.39 is 0 Å². The van der Waals surface area contributed by atoms with Gasteiger partial charge in [0.1, 0.15) is 0 Å². The van der Waals surface area contributed by atoms with Gasteiger partial charge in [-0.15, -0.1) is 5.73 Å². The molecule has 0 saturated carbocycles. The molecule has 0 fully saturated rings. The molecule has 0 atom stereocenters. The van der Waals surface area contributed by atoms with Crippen LogP contribution in [0, 0.1) is 0 Å². The first kappa shape index (κ1) is 7.64. The Labute approximate surface area is 66.9 Å². The van der Waals surface area contributed by atoms with Crippen LogP contribution in [0.15, 0.2) is 36.1 Å². The lowest BCUT2D eigenvalue weighted by Crippen LogP contribution is -1.82. The fourth-order valence-corrected chi connectivity index (χ4v) is 0.772. The molecule has 0 spiro atoms. The van der Waals surface area contributed by atoms with E-state index in [1.165, 1.54) is 0 Å². The summed E-state index contributed by atoms with van der Waals surface area (Å²) in [7, 11) is 0. The molecule has 1 nitrogen and oxygen atoms in total. The van der Waals surface area contributed by atoms with Crippen LogP contribution < -0.4 is 5.73 Å². The molecule has 0 amide bonds. The van der Waals surface area contributed by atoms with Gasteiger partial charge in [0.25, 0.3) is 0 Å². The molecule has 1 aromatic rings. The average Bonchev–Trinajstić information content (AvgIpc) is 2.04. The molecule has 1 aromatic carbocycles. The second-order valence-electron chi connectivity index (χ2n) is 2.27. The molecule has 0 heterocycles. The van der Waals surface area contributed by atoms with Gasteiger partial charge in [0, 0.05) is 5.69 Å². The van der Waals surface area contributed by atoms with Gasteiger partial charge >= 0.3 is 0 Å².